The summed E-state index contributed by atoms with van der Waals surface area (Å²) in [6, 6.07) is 15.1. The highest BCUT2D eigenvalue weighted by molar-refractivity contribution is 5.43. The number of ether oxygens (including phenoxy) is 1. The van der Waals surface area contributed by atoms with E-state index in [-0.39, 0.29) is 4.92 Å². The molecule has 0 aliphatic carbocycles. The van der Waals surface area contributed by atoms with Crippen molar-refractivity contribution in [3.8, 4) is 5.75 Å². The van der Waals surface area contributed by atoms with Gasteiger partial charge in [-0.1, -0.05) is 48.0 Å². The van der Waals surface area contributed by atoms with Crippen molar-refractivity contribution in [2.24, 2.45) is 0 Å². The smallest absolute Gasteiger partial charge is 0.389 e. The van der Waals surface area contributed by atoms with Gasteiger partial charge in [-0.2, -0.15) is 5.06 Å². The van der Waals surface area contributed by atoms with Crippen molar-refractivity contribution in [2.75, 3.05) is 13.6 Å². The highest BCUT2D eigenvalue weighted by Crippen LogP contribution is 2.54. The summed E-state index contributed by atoms with van der Waals surface area (Å²) in [6.07, 6.45) is -0.807. The standard InChI is InChI=1S/C18H18N2O4/c1-12-7-9-13(10-8-12)17-18(20(21)22)15(11-19(2)24-18)14-5-3-4-6-16(14)23-17/h3-10,15,17H,11H2,1-2H3/t15-,17+,18+/m1/s1. The number of para-hydroxylation sites is 1. The van der Waals surface area contributed by atoms with E-state index in [1.807, 2.05) is 55.5 Å². The zero-order valence-electron chi connectivity index (χ0n) is 13.5. The second kappa shape index (κ2) is 5.29. The van der Waals surface area contributed by atoms with Gasteiger partial charge in [0, 0.05) is 24.7 Å². The predicted molar refractivity (Wildman–Crippen MR) is 87.2 cm³/mol. The first kappa shape index (κ1) is 15.1. The van der Waals surface area contributed by atoms with Crippen LogP contribution in [0.5, 0.6) is 5.75 Å². The number of rotatable bonds is 2. The number of benzene rings is 2. The number of nitrogens with zero attached hydrogens (tertiary/aromatic N) is 2. The predicted octanol–water partition coefficient (Wildman–Crippen LogP) is 3.06. The summed E-state index contributed by atoms with van der Waals surface area (Å²) < 4.78 is 6.09. The van der Waals surface area contributed by atoms with Gasteiger partial charge in [0.2, 0.25) is 6.10 Å². The molecule has 0 aromatic heterocycles. The summed E-state index contributed by atoms with van der Waals surface area (Å²) in [5.74, 6) is 0.290. The van der Waals surface area contributed by atoms with E-state index in [2.05, 4.69) is 0 Å². The van der Waals surface area contributed by atoms with Gasteiger partial charge in [-0.05, 0) is 13.0 Å². The van der Waals surface area contributed by atoms with Crippen LogP contribution in [0, 0.1) is 17.0 Å². The molecular formula is C18H18N2O4. The van der Waals surface area contributed by atoms with E-state index in [9.17, 15) is 10.1 Å². The van der Waals surface area contributed by atoms with Gasteiger partial charge < -0.3 is 4.74 Å². The summed E-state index contributed by atoms with van der Waals surface area (Å²) in [5.41, 5.74) is 0.999. The second-order valence-corrected chi connectivity index (χ2v) is 6.41. The monoisotopic (exact) mass is 326 g/mol. The molecule has 2 aromatic carbocycles. The van der Waals surface area contributed by atoms with Crippen molar-refractivity contribution in [1.82, 2.24) is 5.06 Å². The lowest BCUT2D eigenvalue weighted by atomic mass is 9.80. The molecule has 2 aliphatic heterocycles. The summed E-state index contributed by atoms with van der Waals surface area (Å²) in [7, 11) is 1.72. The lowest BCUT2D eigenvalue weighted by Gasteiger charge is -2.37. The van der Waals surface area contributed by atoms with Crippen LogP contribution in [0.1, 0.15) is 28.7 Å². The Morgan fingerprint density at radius 2 is 1.92 bits per heavy atom. The van der Waals surface area contributed by atoms with Gasteiger partial charge in [0.1, 0.15) is 11.7 Å². The van der Waals surface area contributed by atoms with Gasteiger partial charge in [0.05, 0.1) is 4.92 Å². The van der Waals surface area contributed by atoms with Crippen LogP contribution in [0.4, 0.5) is 0 Å². The van der Waals surface area contributed by atoms with Gasteiger partial charge >= 0.3 is 5.72 Å². The van der Waals surface area contributed by atoms with Gasteiger partial charge in [0.25, 0.3) is 0 Å². The first-order valence-corrected chi connectivity index (χ1v) is 7.89. The molecular weight excluding hydrogens is 308 g/mol. The fourth-order valence-corrected chi connectivity index (χ4v) is 3.68. The quantitative estimate of drug-likeness (QED) is 0.627. The Balaban J connectivity index is 1.92. The SMILES string of the molecule is Cc1ccc([C@@H]2Oc3ccccc3[C@H]3CN(C)O[C@@]32[N+](=O)[O-])cc1. The minimum atomic E-state index is -1.65. The maximum absolute atomic E-state index is 12.1. The molecule has 2 heterocycles. The minimum Gasteiger partial charge on any atom is -0.475 e. The number of likely N-dealkylation sites (N-methyl/N-ethyl adjacent to an activating group) is 1. The average molecular weight is 326 g/mol. The van der Waals surface area contributed by atoms with E-state index in [0.717, 1.165) is 16.7 Å². The largest absolute Gasteiger partial charge is 0.475 e. The molecule has 2 aliphatic rings. The van der Waals surface area contributed by atoms with E-state index in [4.69, 9.17) is 9.57 Å². The van der Waals surface area contributed by atoms with E-state index in [1.165, 1.54) is 0 Å². The third kappa shape index (κ3) is 2.03. The molecule has 0 unspecified atom stereocenters. The van der Waals surface area contributed by atoms with Crippen molar-refractivity contribution < 1.29 is 14.5 Å². The molecule has 0 saturated carbocycles. The van der Waals surface area contributed by atoms with Gasteiger partial charge in [-0.15, -0.1) is 0 Å². The maximum atomic E-state index is 12.1. The maximum Gasteiger partial charge on any atom is 0.389 e. The number of aryl methyl sites for hydroxylation is 1. The summed E-state index contributed by atoms with van der Waals surface area (Å²) in [5, 5.41) is 13.7. The van der Waals surface area contributed by atoms with Gasteiger partial charge in [0.15, 0.2) is 0 Å². The van der Waals surface area contributed by atoms with Crippen molar-refractivity contribution in [1.29, 1.82) is 0 Å². The van der Waals surface area contributed by atoms with Crippen LogP contribution < -0.4 is 4.74 Å². The lowest BCUT2D eigenvalue weighted by Crippen LogP contribution is -2.53. The Morgan fingerprint density at radius 3 is 2.62 bits per heavy atom. The molecule has 2 aromatic rings. The van der Waals surface area contributed by atoms with E-state index in [1.54, 1.807) is 12.1 Å². The molecule has 6 heteroatoms. The van der Waals surface area contributed by atoms with E-state index >= 15 is 0 Å². The van der Waals surface area contributed by atoms with Crippen LogP contribution in [-0.2, 0) is 4.84 Å². The second-order valence-electron chi connectivity index (χ2n) is 6.41. The molecule has 0 spiro atoms. The normalized spacial score (nSPS) is 28.8. The molecule has 24 heavy (non-hydrogen) atoms. The van der Waals surface area contributed by atoms with Crippen LogP contribution in [0.25, 0.3) is 0 Å². The fourth-order valence-electron chi connectivity index (χ4n) is 3.68. The Kier molecular flexibility index (Phi) is 3.33. The van der Waals surface area contributed by atoms with E-state index in [0.29, 0.717) is 12.3 Å². The highest BCUT2D eigenvalue weighted by atomic mass is 16.8. The fraction of sp³-hybridized carbons (Fsp3) is 0.333. The molecule has 0 radical (unpaired) electrons. The number of nitro groups is 1. The summed E-state index contributed by atoms with van der Waals surface area (Å²) >= 11 is 0. The zero-order chi connectivity index (χ0) is 16.9. The number of fused-ring (bicyclic) bond motifs is 3. The Hall–Kier alpha value is -2.44. The van der Waals surface area contributed by atoms with Crippen LogP contribution in [0.15, 0.2) is 48.5 Å². The number of hydrogen-bond donors (Lipinski definition) is 0. The van der Waals surface area contributed by atoms with Crippen molar-refractivity contribution in [2.45, 2.75) is 24.7 Å². The Labute approximate surface area is 139 Å². The first-order valence-electron chi connectivity index (χ1n) is 7.89. The van der Waals surface area contributed by atoms with Crippen LogP contribution in [-0.4, -0.2) is 29.3 Å². The highest BCUT2D eigenvalue weighted by Gasteiger charge is 2.68. The molecule has 0 bridgehead atoms. The topological polar surface area (TPSA) is 64.8 Å². The van der Waals surface area contributed by atoms with Crippen molar-refractivity contribution in [3.05, 3.63) is 75.3 Å². The van der Waals surface area contributed by atoms with Crippen molar-refractivity contribution >= 4 is 0 Å². The first-order chi connectivity index (χ1) is 11.5. The molecule has 3 atom stereocenters. The van der Waals surface area contributed by atoms with Crippen LogP contribution in [0.3, 0.4) is 0 Å². The molecule has 1 fully saturated rings. The third-order valence-electron chi connectivity index (χ3n) is 4.82. The van der Waals surface area contributed by atoms with Crippen molar-refractivity contribution in [3.63, 3.8) is 0 Å². The van der Waals surface area contributed by atoms with Crippen LogP contribution in [0.2, 0.25) is 0 Å². The molecule has 0 amide bonds. The number of hydrogen-bond acceptors (Lipinski definition) is 5. The third-order valence-corrected chi connectivity index (χ3v) is 4.82. The minimum absolute atomic E-state index is 0.332. The van der Waals surface area contributed by atoms with Gasteiger partial charge in [-0.3, -0.25) is 10.1 Å². The molecule has 1 saturated heterocycles. The molecule has 6 nitrogen and oxygen atoms in total. The van der Waals surface area contributed by atoms with E-state index < -0.39 is 17.7 Å². The average Bonchev–Trinajstić information content (AvgIpc) is 2.93. The van der Waals surface area contributed by atoms with Gasteiger partial charge in [-0.25, -0.2) is 4.84 Å². The zero-order valence-corrected chi connectivity index (χ0v) is 13.5. The molecule has 124 valence electrons. The lowest BCUT2D eigenvalue weighted by molar-refractivity contribution is -0.655. The number of hydroxylamine groups is 2. The Morgan fingerprint density at radius 1 is 1.21 bits per heavy atom. The summed E-state index contributed by atoms with van der Waals surface area (Å²) in [4.78, 5) is 17.6. The molecule has 4 rings (SSSR count). The summed E-state index contributed by atoms with van der Waals surface area (Å²) in [6.45, 7) is 2.43. The van der Waals surface area contributed by atoms with Crippen LogP contribution >= 0.6 is 0 Å². The Bertz CT molecular complexity index is 792. The molecule has 0 N–H and O–H groups in total.